The van der Waals surface area contributed by atoms with Gasteiger partial charge in [-0.25, -0.2) is 0 Å². The van der Waals surface area contributed by atoms with E-state index in [0.717, 1.165) is 10.9 Å². The number of benzene rings is 2. The summed E-state index contributed by atoms with van der Waals surface area (Å²) in [6.07, 6.45) is 3.32. The number of non-ortho nitro benzene ring substituents is 1. The number of rotatable bonds is 4. The minimum Gasteiger partial charge on any atom is -0.495 e. The minimum absolute atomic E-state index is 0.0376. The molecule has 1 aromatic heterocycles. The zero-order chi connectivity index (χ0) is 16.4. The summed E-state index contributed by atoms with van der Waals surface area (Å²) in [5.74, 6) is 0.490. The maximum Gasteiger partial charge on any atom is 0.271 e. The van der Waals surface area contributed by atoms with Gasteiger partial charge in [0.1, 0.15) is 5.75 Å². The SMILES string of the molecule is COc1c(Br)cc([N+](=O)[O-])cc1/C=N/c1ccc2n[nH]cc2c1. The first kappa shape index (κ1) is 15.2. The smallest absolute Gasteiger partial charge is 0.271 e. The molecule has 1 N–H and O–H groups in total. The first-order valence-corrected chi connectivity index (χ1v) is 7.37. The molecule has 3 aromatic rings. The summed E-state index contributed by atoms with van der Waals surface area (Å²) in [4.78, 5) is 14.9. The van der Waals surface area contributed by atoms with E-state index >= 15 is 0 Å². The average Bonchev–Trinajstić information content (AvgIpc) is 2.99. The van der Waals surface area contributed by atoms with Crippen LogP contribution in [0.3, 0.4) is 0 Å². The average molecular weight is 375 g/mol. The van der Waals surface area contributed by atoms with E-state index in [4.69, 9.17) is 4.74 Å². The van der Waals surface area contributed by atoms with E-state index in [1.807, 2.05) is 18.2 Å². The molecule has 0 unspecified atom stereocenters. The third-order valence-electron chi connectivity index (χ3n) is 3.24. The molecule has 7 nitrogen and oxygen atoms in total. The van der Waals surface area contributed by atoms with Gasteiger partial charge >= 0.3 is 0 Å². The molecule has 2 aromatic carbocycles. The highest BCUT2D eigenvalue weighted by Crippen LogP contribution is 2.33. The summed E-state index contributed by atoms with van der Waals surface area (Å²) >= 11 is 3.28. The standard InChI is InChI=1S/C15H11BrN4O3/c1-23-15-10(5-12(20(21)22)6-13(15)16)7-17-11-2-3-14-9(4-11)8-18-19-14/h2-8H,1H3,(H,18,19)/b17-7+. The third kappa shape index (κ3) is 3.07. The Morgan fingerprint density at radius 3 is 2.96 bits per heavy atom. The van der Waals surface area contributed by atoms with E-state index in [-0.39, 0.29) is 5.69 Å². The fourth-order valence-electron chi connectivity index (χ4n) is 2.17. The predicted octanol–water partition coefficient (Wildman–Crippen LogP) is 3.99. The highest BCUT2D eigenvalue weighted by atomic mass is 79.9. The fraction of sp³-hybridized carbons (Fsp3) is 0.0667. The number of ether oxygens (including phenoxy) is 1. The maximum atomic E-state index is 11.0. The van der Waals surface area contributed by atoms with Gasteiger partial charge in [-0.2, -0.15) is 5.10 Å². The number of nitro benzene ring substituents is 1. The number of H-pyrrole nitrogens is 1. The largest absolute Gasteiger partial charge is 0.495 e. The highest BCUT2D eigenvalue weighted by molar-refractivity contribution is 9.10. The molecule has 1 heterocycles. The van der Waals surface area contributed by atoms with E-state index in [1.165, 1.54) is 25.5 Å². The molecule has 8 heteroatoms. The number of aromatic amines is 1. The predicted molar refractivity (Wildman–Crippen MR) is 90.7 cm³/mol. The van der Waals surface area contributed by atoms with Crippen LogP contribution in [0.25, 0.3) is 10.9 Å². The molecule has 0 saturated carbocycles. The van der Waals surface area contributed by atoms with Gasteiger partial charge in [-0.05, 0) is 34.1 Å². The number of methoxy groups -OCH3 is 1. The Morgan fingerprint density at radius 2 is 2.22 bits per heavy atom. The Labute approximate surface area is 139 Å². The number of aliphatic imine (C=N–C) groups is 1. The van der Waals surface area contributed by atoms with Gasteiger partial charge in [-0.1, -0.05) is 0 Å². The van der Waals surface area contributed by atoms with Crippen molar-refractivity contribution >= 4 is 44.4 Å². The van der Waals surface area contributed by atoms with Crippen LogP contribution in [0.15, 0.2) is 46.0 Å². The lowest BCUT2D eigenvalue weighted by Gasteiger charge is -2.07. The number of nitrogens with one attached hydrogen (secondary N) is 1. The molecule has 0 aliphatic rings. The Kier molecular flexibility index (Phi) is 4.07. The zero-order valence-corrected chi connectivity index (χ0v) is 13.6. The van der Waals surface area contributed by atoms with Gasteiger partial charge in [0.2, 0.25) is 0 Å². The fourth-order valence-corrected chi connectivity index (χ4v) is 2.80. The first-order valence-electron chi connectivity index (χ1n) is 6.58. The number of nitrogens with zero attached hydrogens (tertiary/aromatic N) is 3. The molecule has 116 valence electrons. The topological polar surface area (TPSA) is 93.4 Å². The van der Waals surface area contributed by atoms with E-state index in [9.17, 15) is 10.1 Å². The Balaban J connectivity index is 2.01. The molecule has 23 heavy (non-hydrogen) atoms. The number of halogens is 1. The molecule has 0 atom stereocenters. The van der Waals surface area contributed by atoms with E-state index in [1.54, 1.807) is 6.20 Å². The number of nitro groups is 1. The number of aromatic nitrogens is 2. The van der Waals surface area contributed by atoms with Crippen molar-refractivity contribution in [3.63, 3.8) is 0 Å². The quantitative estimate of drug-likeness (QED) is 0.424. The molecular weight excluding hydrogens is 364 g/mol. The van der Waals surface area contributed by atoms with Crippen LogP contribution < -0.4 is 4.74 Å². The molecule has 0 spiro atoms. The van der Waals surface area contributed by atoms with E-state index in [2.05, 4.69) is 31.1 Å². The second-order valence-corrected chi connectivity index (χ2v) is 5.55. The van der Waals surface area contributed by atoms with Gasteiger partial charge < -0.3 is 4.74 Å². The lowest BCUT2D eigenvalue weighted by atomic mass is 10.2. The van der Waals surface area contributed by atoms with Gasteiger partial charge in [0.15, 0.2) is 0 Å². The van der Waals surface area contributed by atoms with Crippen LogP contribution in [0.4, 0.5) is 11.4 Å². The second kappa shape index (κ2) is 6.17. The Hall–Kier alpha value is -2.74. The van der Waals surface area contributed by atoms with Gasteiger partial charge in [0.25, 0.3) is 5.69 Å². The summed E-state index contributed by atoms with van der Waals surface area (Å²) in [5, 5.41) is 18.8. The Bertz CT molecular complexity index is 920. The van der Waals surface area contributed by atoms with Gasteiger partial charge in [0, 0.05) is 35.5 Å². The highest BCUT2D eigenvalue weighted by Gasteiger charge is 2.14. The molecule has 0 saturated heterocycles. The van der Waals surface area contributed by atoms with Crippen molar-refractivity contribution in [2.24, 2.45) is 4.99 Å². The molecule has 3 rings (SSSR count). The van der Waals surface area contributed by atoms with Crippen LogP contribution in [0, 0.1) is 10.1 Å². The summed E-state index contributed by atoms with van der Waals surface area (Å²) in [6, 6.07) is 8.35. The van der Waals surface area contributed by atoms with Crippen LogP contribution in [0.5, 0.6) is 5.75 Å². The number of hydrogen-bond donors (Lipinski definition) is 1. The van der Waals surface area contributed by atoms with Crippen molar-refractivity contribution in [2.75, 3.05) is 7.11 Å². The summed E-state index contributed by atoms with van der Waals surface area (Å²) in [5.41, 5.74) is 2.04. The normalized spacial score (nSPS) is 11.2. The van der Waals surface area contributed by atoms with E-state index in [0.29, 0.717) is 21.5 Å². The molecule has 0 fully saturated rings. The molecular formula is C15H11BrN4O3. The van der Waals surface area contributed by atoms with Crippen molar-refractivity contribution in [1.29, 1.82) is 0 Å². The van der Waals surface area contributed by atoms with Crippen LogP contribution >= 0.6 is 15.9 Å². The maximum absolute atomic E-state index is 11.0. The van der Waals surface area contributed by atoms with Crippen LogP contribution in [0.1, 0.15) is 5.56 Å². The summed E-state index contributed by atoms with van der Waals surface area (Å²) < 4.78 is 5.78. The second-order valence-electron chi connectivity index (χ2n) is 4.69. The van der Waals surface area contributed by atoms with Crippen molar-refractivity contribution in [2.45, 2.75) is 0 Å². The first-order chi connectivity index (χ1) is 11.1. The summed E-state index contributed by atoms with van der Waals surface area (Å²) in [7, 11) is 1.50. The van der Waals surface area contributed by atoms with Gasteiger partial charge in [-0.15, -0.1) is 0 Å². The molecule has 0 radical (unpaired) electrons. The number of hydrogen-bond acceptors (Lipinski definition) is 5. The van der Waals surface area contributed by atoms with Crippen LogP contribution in [0.2, 0.25) is 0 Å². The third-order valence-corrected chi connectivity index (χ3v) is 3.83. The molecule has 0 aliphatic carbocycles. The zero-order valence-electron chi connectivity index (χ0n) is 12.0. The van der Waals surface area contributed by atoms with Crippen LogP contribution in [-0.2, 0) is 0 Å². The van der Waals surface area contributed by atoms with Crippen molar-refractivity contribution in [3.05, 3.63) is 56.7 Å². The molecule has 0 bridgehead atoms. The summed E-state index contributed by atoms with van der Waals surface area (Å²) in [6.45, 7) is 0. The number of fused-ring (bicyclic) bond motifs is 1. The minimum atomic E-state index is -0.459. The monoisotopic (exact) mass is 374 g/mol. The van der Waals surface area contributed by atoms with Crippen molar-refractivity contribution in [1.82, 2.24) is 10.2 Å². The van der Waals surface area contributed by atoms with Crippen LogP contribution in [-0.4, -0.2) is 28.4 Å². The molecule has 0 aliphatic heterocycles. The lowest BCUT2D eigenvalue weighted by molar-refractivity contribution is -0.385. The van der Waals surface area contributed by atoms with Gasteiger partial charge in [-0.3, -0.25) is 20.2 Å². The lowest BCUT2D eigenvalue weighted by Crippen LogP contribution is -1.96. The van der Waals surface area contributed by atoms with E-state index < -0.39 is 4.92 Å². The van der Waals surface area contributed by atoms with Crippen molar-refractivity contribution < 1.29 is 9.66 Å². The van der Waals surface area contributed by atoms with Crippen molar-refractivity contribution in [3.8, 4) is 5.75 Å². The van der Waals surface area contributed by atoms with Gasteiger partial charge in [0.05, 0.1) is 27.7 Å². The Morgan fingerprint density at radius 1 is 1.39 bits per heavy atom. The molecule has 0 amide bonds.